The summed E-state index contributed by atoms with van der Waals surface area (Å²) in [6.07, 6.45) is 2.13. The van der Waals surface area contributed by atoms with E-state index in [0.717, 1.165) is 37.3 Å². The zero-order valence-electron chi connectivity index (χ0n) is 11.0. The van der Waals surface area contributed by atoms with Gasteiger partial charge < -0.3 is 10.1 Å². The van der Waals surface area contributed by atoms with Crippen LogP contribution in [-0.4, -0.2) is 13.2 Å². The molecule has 0 saturated carbocycles. The summed E-state index contributed by atoms with van der Waals surface area (Å²) in [4.78, 5) is 0. The van der Waals surface area contributed by atoms with E-state index in [1.807, 2.05) is 12.1 Å². The van der Waals surface area contributed by atoms with Crippen LogP contribution in [0.5, 0.6) is 5.75 Å². The minimum Gasteiger partial charge on any atom is -0.489 e. The molecule has 0 bridgehead atoms. The Labute approximate surface area is 105 Å². The van der Waals surface area contributed by atoms with Crippen molar-refractivity contribution in [2.24, 2.45) is 0 Å². The van der Waals surface area contributed by atoms with Crippen LogP contribution in [-0.2, 0) is 6.54 Å². The Kier molecular flexibility index (Phi) is 6.41. The minimum atomic E-state index is 0.613. The highest BCUT2D eigenvalue weighted by Gasteiger charge is 1.98. The zero-order valence-corrected chi connectivity index (χ0v) is 11.0. The first-order valence-electron chi connectivity index (χ1n) is 6.35. The molecule has 0 aliphatic carbocycles. The molecule has 17 heavy (non-hydrogen) atoms. The van der Waals surface area contributed by atoms with Crippen LogP contribution in [0.4, 0.5) is 0 Å². The van der Waals surface area contributed by atoms with Crippen LogP contribution in [0, 0.1) is 0 Å². The monoisotopic (exact) mass is 233 g/mol. The van der Waals surface area contributed by atoms with Crippen molar-refractivity contribution in [3.63, 3.8) is 0 Å². The molecule has 0 amide bonds. The molecule has 1 N–H and O–H groups in total. The summed E-state index contributed by atoms with van der Waals surface area (Å²) < 4.78 is 5.68. The van der Waals surface area contributed by atoms with E-state index >= 15 is 0 Å². The van der Waals surface area contributed by atoms with E-state index in [0.29, 0.717) is 6.61 Å². The van der Waals surface area contributed by atoms with Gasteiger partial charge in [-0.05, 0) is 42.7 Å². The summed E-state index contributed by atoms with van der Waals surface area (Å²) in [5.41, 5.74) is 2.39. The van der Waals surface area contributed by atoms with Gasteiger partial charge in [0.15, 0.2) is 0 Å². The Morgan fingerprint density at radius 1 is 1.35 bits per heavy atom. The molecule has 0 aliphatic heterocycles. The number of nitrogens with one attached hydrogen (secondary N) is 1. The quantitative estimate of drug-likeness (QED) is 0.548. The lowest BCUT2D eigenvalue weighted by molar-refractivity contribution is 0.348. The third-order valence-electron chi connectivity index (χ3n) is 2.60. The summed E-state index contributed by atoms with van der Waals surface area (Å²) in [6, 6.07) is 8.23. The highest BCUT2D eigenvalue weighted by atomic mass is 16.5. The Hall–Kier alpha value is -1.28. The first-order chi connectivity index (χ1) is 8.26. The summed E-state index contributed by atoms with van der Waals surface area (Å²) in [6.45, 7) is 10.8. The van der Waals surface area contributed by atoms with Gasteiger partial charge in [0.1, 0.15) is 12.4 Å². The molecule has 1 aromatic rings. The average molecular weight is 233 g/mol. The van der Waals surface area contributed by atoms with Crippen LogP contribution in [0.1, 0.15) is 32.3 Å². The van der Waals surface area contributed by atoms with Crippen molar-refractivity contribution in [3.05, 3.63) is 42.0 Å². The Morgan fingerprint density at radius 2 is 2.18 bits per heavy atom. The molecule has 0 heterocycles. The summed E-state index contributed by atoms with van der Waals surface area (Å²) in [7, 11) is 0. The lowest BCUT2D eigenvalue weighted by atomic mass is 10.2. The van der Waals surface area contributed by atoms with Gasteiger partial charge in [-0.15, -0.1) is 0 Å². The topological polar surface area (TPSA) is 21.3 Å². The van der Waals surface area contributed by atoms with E-state index in [9.17, 15) is 0 Å². The molecule has 0 saturated heterocycles. The normalized spacial score (nSPS) is 10.2. The van der Waals surface area contributed by atoms with Crippen molar-refractivity contribution < 1.29 is 4.74 Å². The summed E-state index contributed by atoms with van der Waals surface area (Å²) in [5.74, 6) is 0.926. The maximum Gasteiger partial charge on any atom is 0.120 e. The van der Waals surface area contributed by atoms with Crippen LogP contribution < -0.4 is 10.1 Å². The number of hydrogen-bond acceptors (Lipinski definition) is 2. The van der Waals surface area contributed by atoms with Crippen molar-refractivity contribution in [2.45, 2.75) is 33.2 Å². The second kappa shape index (κ2) is 7.91. The molecule has 94 valence electrons. The van der Waals surface area contributed by atoms with Gasteiger partial charge in [0.05, 0.1) is 0 Å². The fraction of sp³-hybridized carbons (Fsp3) is 0.467. The summed E-state index contributed by atoms with van der Waals surface area (Å²) in [5, 5.41) is 3.38. The van der Waals surface area contributed by atoms with Gasteiger partial charge in [0.25, 0.3) is 0 Å². The molecule has 0 spiro atoms. The second-order valence-corrected chi connectivity index (χ2v) is 4.22. The van der Waals surface area contributed by atoms with Crippen molar-refractivity contribution in [2.75, 3.05) is 13.2 Å². The van der Waals surface area contributed by atoms with Crippen LogP contribution in [0.2, 0.25) is 0 Å². The minimum absolute atomic E-state index is 0.613. The molecule has 0 aromatic heterocycles. The van der Waals surface area contributed by atoms with Crippen LogP contribution in [0.3, 0.4) is 0 Å². The highest BCUT2D eigenvalue weighted by molar-refractivity contribution is 5.28. The predicted molar refractivity (Wildman–Crippen MR) is 73.4 cm³/mol. The first kappa shape index (κ1) is 13.8. The van der Waals surface area contributed by atoms with Gasteiger partial charge >= 0.3 is 0 Å². The van der Waals surface area contributed by atoms with Gasteiger partial charge in [-0.1, -0.05) is 32.6 Å². The zero-order chi connectivity index (χ0) is 12.5. The maximum absolute atomic E-state index is 5.68. The smallest absolute Gasteiger partial charge is 0.120 e. The molecular weight excluding hydrogens is 210 g/mol. The highest BCUT2D eigenvalue weighted by Crippen LogP contribution is 2.14. The SMILES string of the molecule is C=C(CC)COc1cccc(CNCCC)c1. The molecular formula is C15H23NO. The first-order valence-corrected chi connectivity index (χ1v) is 6.35. The van der Waals surface area contributed by atoms with E-state index in [1.54, 1.807) is 0 Å². The Balaban J connectivity index is 2.44. The van der Waals surface area contributed by atoms with Crippen LogP contribution in [0.15, 0.2) is 36.4 Å². The largest absolute Gasteiger partial charge is 0.489 e. The van der Waals surface area contributed by atoms with Crippen LogP contribution in [0.25, 0.3) is 0 Å². The number of hydrogen-bond donors (Lipinski definition) is 1. The van der Waals surface area contributed by atoms with Gasteiger partial charge in [-0.2, -0.15) is 0 Å². The van der Waals surface area contributed by atoms with Crippen molar-refractivity contribution in [3.8, 4) is 5.75 Å². The second-order valence-electron chi connectivity index (χ2n) is 4.22. The number of rotatable bonds is 8. The molecule has 1 rings (SSSR count). The Morgan fingerprint density at radius 3 is 2.88 bits per heavy atom. The molecule has 0 atom stereocenters. The van der Waals surface area contributed by atoms with Crippen molar-refractivity contribution >= 4 is 0 Å². The van der Waals surface area contributed by atoms with Crippen molar-refractivity contribution in [1.29, 1.82) is 0 Å². The lowest BCUT2D eigenvalue weighted by Gasteiger charge is -2.09. The van der Waals surface area contributed by atoms with E-state index in [-0.39, 0.29) is 0 Å². The third kappa shape index (κ3) is 5.55. The van der Waals surface area contributed by atoms with E-state index < -0.39 is 0 Å². The lowest BCUT2D eigenvalue weighted by Crippen LogP contribution is -2.13. The Bertz CT molecular complexity index is 347. The fourth-order valence-corrected chi connectivity index (χ4v) is 1.44. The number of benzene rings is 1. The van der Waals surface area contributed by atoms with E-state index in [4.69, 9.17) is 4.74 Å². The standard InChI is InChI=1S/C15H23NO/c1-4-9-16-11-14-7-6-8-15(10-14)17-12-13(3)5-2/h6-8,10,16H,3-5,9,11-12H2,1-2H3. The molecule has 0 unspecified atom stereocenters. The molecule has 0 radical (unpaired) electrons. The summed E-state index contributed by atoms with van der Waals surface area (Å²) >= 11 is 0. The van der Waals surface area contributed by atoms with Gasteiger partial charge in [-0.3, -0.25) is 0 Å². The predicted octanol–water partition coefficient (Wildman–Crippen LogP) is 3.53. The van der Waals surface area contributed by atoms with E-state index in [2.05, 4.69) is 37.9 Å². The maximum atomic E-state index is 5.68. The third-order valence-corrected chi connectivity index (χ3v) is 2.60. The van der Waals surface area contributed by atoms with Gasteiger partial charge in [0.2, 0.25) is 0 Å². The molecule has 0 fully saturated rings. The molecule has 1 aromatic carbocycles. The fourth-order valence-electron chi connectivity index (χ4n) is 1.44. The molecule has 2 nitrogen and oxygen atoms in total. The van der Waals surface area contributed by atoms with Gasteiger partial charge in [-0.25, -0.2) is 0 Å². The number of ether oxygens (including phenoxy) is 1. The molecule has 2 heteroatoms. The van der Waals surface area contributed by atoms with E-state index in [1.165, 1.54) is 5.56 Å². The van der Waals surface area contributed by atoms with Gasteiger partial charge in [0, 0.05) is 6.54 Å². The van der Waals surface area contributed by atoms with Crippen LogP contribution >= 0.6 is 0 Å². The molecule has 0 aliphatic rings. The van der Waals surface area contributed by atoms with Crippen molar-refractivity contribution in [1.82, 2.24) is 5.32 Å². The average Bonchev–Trinajstić information content (AvgIpc) is 2.37.